The first kappa shape index (κ1) is 12.5. The van der Waals surface area contributed by atoms with Crippen LogP contribution in [0.3, 0.4) is 0 Å². The summed E-state index contributed by atoms with van der Waals surface area (Å²) in [5.41, 5.74) is -1.07. The Labute approximate surface area is 89.5 Å². The minimum atomic E-state index is -4.51. The van der Waals surface area contributed by atoms with E-state index >= 15 is 0 Å². The molecule has 0 bridgehead atoms. The van der Waals surface area contributed by atoms with E-state index in [0.717, 1.165) is 19.2 Å². The van der Waals surface area contributed by atoms with Crippen LogP contribution in [0.25, 0.3) is 0 Å². The van der Waals surface area contributed by atoms with Crippen LogP contribution in [0.5, 0.6) is 0 Å². The van der Waals surface area contributed by atoms with Crippen molar-refractivity contribution in [1.82, 2.24) is 0 Å². The normalized spacial score (nSPS) is 13.3. The number of rotatable bonds is 2. The van der Waals surface area contributed by atoms with E-state index in [-0.39, 0.29) is 5.56 Å². The Kier molecular flexibility index (Phi) is 3.54. The maximum absolute atomic E-state index is 12.3. The van der Waals surface area contributed by atoms with E-state index in [1.165, 1.54) is 6.07 Å². The van der Waals surface area contributed by atoms with Crippen molar-refractivity contribution in [2.45, 2.75) is 12.3 Å². The van der Waals surface area contributed by atoms with Crippen LogP contribution in [-0.4, -0.2) is 18.2 Å². The van der Waals surface area contributed by atoms with Gasteiger partial charge >= 0.3 is 12.1 Å². The molecule has 0 aliphatic carbocycles. The fourth-order valence-electron chi connectivity index (χ4n) is 1.13. The number of esters is 1. The number of carbonyl (C=O) groups is 1. The summed E-state index contributed by atoms with van der Waals surface area (Å²) >= 11 is 0. The summed E-state index contributed by atoms with van der Waals surface area (Å²) in [6.07, 6.45) is -6.21. The van der Waals surface area contributed by atoms with Gasteiger partial charge in [-0.15, -0.1) is 0 Å². The second kappa shape index (κ2) is 4.52. The minimum Gasteiger partial charge on any atom is -0.467 e. The predicted molar refractivity (Wildman–Crippen MR) is 48.4 cm³/mol. The number of hydrogen-bond donors (Lipinski definition) is 1. The van der Waals surface area contributed by atoms with Crippen LogP contribution in [0.1, 0.15) is 17.2 Å². The maximum Gasteiger partial charge on any atom is 0.416 e. The molecule has 88 valence electrons. The molecule has 0 radical (unpaired) electrons. The molecule has 0 aliphatic rings. The molecule has 1 rings (SSSR count). The summed E-state index contributed by atoms with van der Waals surface area (Å²) in [4.78, 5) is 10.9. The van der Waals surface area contributed by atoms with Crippen molar-refractivity contribution in [3.63, 3.8) is 0 Å². The molecule has 1 aromatic rings. The molecule has 0 fully saturated rings. The van der Waals surface area contributed by atoms with Crippen molar-refractivity contribution in [3.05, 3.63) is 35.4 Å². The third-order valence-electron chi connectivity index (χ3n) is 1.95. The van der Waals surface area contributed by atoms with Gasteiger partial charge in [0.25, 0.3) is 0 Å². The van der Waals surface area contributed by atoms with Crippen molar-refractivity contribution in [1.29, 1.82) is 0 Å². The summed E-state index contributed by atoms with van der Waals surface area (Å²) in [6, 6.07) is 3.90. The van der Waals surface area contributed by atoms with E-state index in [9.17, 15) is 23.1 Å². The van der Waals surface area contributed by atoms with Gasteiger partial charge in [-0.2, -0.15) is 13.2 Å². The van der Waals surface area contributed by atoms with Crippen LogP contribution in [0.15, 0.2) is 24.3 Å². The molecule has 1 N–H and O–H groups in total. The topological polar surface area (TPSA) is 46.5 Å². The number of alkyl halides is 3. The lowest BCUT2D eigenvalue weighted by molar-refractivity contribution is -0.151. The lowest BCUT2D eigenvalue weighted by Crippen LogP contribution is -2.14. The molecule has 1 atom stereocenters. The number of halogens is 3. The second-order valence-electron chi connectivity index (χ2n) is 3.05. The smallest absolute Gasteiger partial charge is 0.416 e. The van der Waals surface area contributed by atoms with Crippen LogP contribution < -0.4 is 0 Å². The summed E-state index contributed by atoms with van der Waals surface area (Å²) in [5.74, 6) is -1.00. The van der Waals surface area contributed by atoms with Gasteiger partial charge < -0.3 is 9.84 Å². The highest BCUT2D eigenvalue weighted by Gasteiger charge is 2.31. The minimum absolute atomic E-state index is 0.151. The van der Waals surface area contributed by atoms with Crippen LogP contribution >= 0.6 is 0 Å². The predicted octanol–water partition coefficient (Wildman–Crippen LogP) is 1.91. The number of carbonyl (C=O) groups excluding carboxylic acids is 1. The van der Waals surface area contributed by atoms with Crippen molar-refractivity contribution < 1.29 is 27.8 Å². The fraction of sp³-hybridized carbons (Fsp3) is 0.300. The Morgan fingerprint density at radius 2 is 2.06 bits per heavy atom. The van der Waals surface area contributed by atoms with E-state index in [1.807, 2.05) is 0 Å². The second-order valence-corrected chi connectivity index (χ2v) is 3.05. The Morgan fingerprint density at radius 3 is 2.56 bits per heavy atom. The van der Waals surface area contributed by atoms with Crippen LogP contribution in [0.2, 0.25) is 0 Å². The Morgan fingerprint density at radius 1 is 1.44 bits per heavy atom. The monoisotopic (exact) mass is 234 g/mol. The zero-order valence-corrected chi connectivity index (χ0v) is 8.28. The highest BCUT2D eigenvalue weighted by Crippen LogP contribution is 2.30. The van der Waals surface area contributed by atoms with Gasteiger partial charge in [0.2, 0.25) is 0 Å². The molecule has 0 saturated heterocycles. The van der Waals surface area contributed by atoms with E-state index < -0.39 is 23.8 Å². The van der Waals surface area contributed by atoms with Gasteiger partial charge in [-0.05, 0) is 17.7 Å². The molecular weight excluding hydrogens is 225 g/mol. The van der Waals surface area contributed by atoms with Gasteiger partial charge in [0.1, 0.15) is 0 Å². The Hall–Kier alpha value is -1.56. The molecule has 0 amide bonds. The average molecular weight is 234 g/mol. The zero-order chi connectivity index (χ0) is 12.3. The number of aliphatic hydroxyl groups is 1. The third kappa shape index (κ3) is 2.73. The van der Waals surface area contributed by atoms with E-state index in [2.05, 4.69) is 4.74 Å². The van der Waals surface area contributed by atoms with Crippen molar-refractivity contribution in [2.24, 2.45) is 0 Å². The third-order valence-corrected chi connectivity index (χ3v) is 1.95. The number of benzene rings is 1. The first-order chi connectivity index (χ1) is 7.36. The lowest BCUT2D eigenvalue weighted by atomic mass is 10.1. The number of ether oxygens (including phenoxy) is 1. The molecule has 3 nitrogen and oxygen atoms in total. The average Bonchev–Trinajstić information content (AvgIpc) is 2.26. The molecule has 16 heavy (non-hydrogen) atoms. The van der Waals surface area contributed by atoms with Gasteiger partial charge in [0.15, 0.2) is 6.10 Å². The molecular formula is C10H9F3O3. The number of methoxy groups -OCH3 is 1. The van der Waals surface area contributed by atoms with Gasteiger partial charge in [0, 0.05) is 0 Å². The van der Waals surface area contributed by atoms with Gasteiger partial charge in [-0.3, -0.25) is 0 Å². The highest BCUT2D eigenvalue weighted by atomic mass is 19.4. The van der Waals surface area contributed by atoms with Crippen LogP contribution in [0, 0.1) is 0 Å². The van der Waals surface area contributed by atoms with E-state index in [0.29, 0.717) is 6.07 Å². The first-order valence-electron chi connectivity index (χ1n) is 4.29. The van der Waals surface area contributed by atoms with Crippen molar-refractivity contribution in [3.8, 4) is 0 Å². The number of hydrogen-bond acceptors (Lipinski definition) is 3. The molecule has 0 heterocycles. The van der Waals surface area contributed by atoms with Crippen molar-refractivity contribution >= 4 is 5.97 Å². The summed E-state index contributed by atoms with van der Waals surface area (Å²) in [5, 5.41) is 9.34. The lowest BCUT2D eigenvalue weighted by Gasteiger charge is -2.11. The van der Waals surface area contributed by atoms with Gasteiger partial charge in [-0.25, -0.2) is 4.79 Å². The molecule has 0 unspecified atom stereocenters. The highest BCUT2D eigenvalue weighted by molar-refractivity contribution is 5.76. The standard InChI is InChI=1S/C10H9F3O3/c1-16-9(15)8(14)6-3-2-4-7(5-6)10(11,12)13/h2-5,8,14H,1H3/t8-/m1/s1. The van der Waals surface area contributed by atoms with Crippen molar-refractivity contribution in [2.75, 3.05) is 7.11 Å². The van der Waals surface area contributed by atoms with Crippen LogP contribution in [-0.2, 0) is 15.7 Å². The summed E-state index contributed by atoms with van der Waals surface area (Å²) < 4.78 is 41.2. The fourth-order valence-corrected chi connectivity index (χ4v) is 1.13. The maximum atomic E-state index is 12.3. The summed E-state index contributed by atoms with van der Waals surface area (Å²) in [7, 11) is 1.04. The quantitative estimate of drug-likeness (QED) is 0.795. The van der Waals surface area contributed by atoms with Crippen LogP contribution in [0.4, 0.5) is 13.2 Å². The van der Waals surface area contributed by atoms with Gasteiger partial charge in [-0.1, -0.05) is 12.1 Å². The van der Waals surface area contributed by atoms with E-state index in [1.54, 1.807) is 0 Å². The molecule has 0 aliphatic heterocycles. The Balaban J connectivity index is 3.04. The molecule has 1 aromatic carbocycles. The SMILES string of the molecule is COC(=O)[C@H](O)c1cccc(C(F)(F)F)c1. The molecule has 6 heteroatoms. The zero-order valence-electron chi connectivity index (χ0n) is 8.28. The molecule has 0 spiro atoms. The molecule has 0 saturated carbocycles. The first-order valence-corrected chi connectivity index (χ1v) is 4.29. The summed E-state index contributed by atoms with van der Waals surface area (Å²) in [6.45, 7) is 0. The largest absolute Gasteiger partial charge is 0.467 e. The van der Waals surface area contributed by atoms with E-state index in [4.69, 9.17) is 0 Å². The molecule has 0 aromatic heterocycles. The van der Waals surface area contributed by atoms with Gasteiger partial charge in [0.05, 0.1) is 12.7 Å². The number of aliphatic hydroxyl groups excluding tert-OH is 1. The Bertz CT molecular complexity index is 387.